The van der Waals surface area contributed by atoms with Gasteiger partial charge in [0.15, 0.2) is 0 Å². The van der Waals surface area contributed by atoms with Gasteiger partial charge in [0.2, 0.25) is 0 Å². The van der Waals surface area contributed by atoms with Crippen LogP contribution in [0.2, 0.25) is 0 Å². The van der Waals surface area contributed by atoms with Crippen molar-refractivity contribution in [3.63, 3.8) is 0 Å². The molecule has 2 unspecified atom stereocenters. The monoisotopic (exact) mass is 373 g/mol. The maximum atomic E-state index is 6.57. The summed E-state index contributed by atoms with van der Waals surface area (Å²) >= 11 is 0. The molecule has 0 fully saturated rings. The van der Waals surface area contributed by atoms with Crippen molar-refractivity contribution < 1.29 is 9.47 Å². The van der Waals surface area contributed by atoms with Crippen LogP contribution in [0.1, 0.15) is 42.7 Å². The molecule has 1 heterocycles. The molecule has 0 aliphatic carbocycles. The molecule has 3 aromatic carbocycles. The quantitative estimate of drug-likeness (QED) is 0.582. The van der Waals surface area contributed by atoms with Crippen LogP contribution in [0, 0.1) is 5.41 Å². The van der Waals surface area contributed by atoms with Gasteiger partial charge >= 0.3 is 0 Å². The largest absolute Gasteiger partial charge is 0.497 e. The Hall–Kier alpha value is -2.78. The normalized spacial score (nSPS) is 20.1. The molecular formula is C25H27NO2. The molecule has 2 atom stereocenters. The van der Waals surface area contributed by atoms with Gasteiger partial charge in [-0.2, -0.15) is 0 Å². The smallest absolute Gasteiger partial charge is 0.119 e. The highest BCUT2D eigenvalue weighted by atomic mass is 16.5. The Morgan fingerprint density at radius 1 is 0.893 bits per heavy atom. The van der Waals surface area contributed by atoms with Gasteiger partial charge in [-0.05, 0) is 29.3 Å². The Balaban J connectivity index is 1.73. The van der Waals surface area contributed by atoms with Crippen LogP contribution < -0.4 is 10.1 Å². The van der Waals surface area contributed by atoms with Gasteiger partial charge in [-0.1, -0.05) is 74.5 Å². The lowest BCUT2D eigenvalue weighted by molar-refractivity contribution is -0.0507. The topological polar surface area (TPSA) is 30.5 Å². The summed E-state index contributed by atoms with van der Waals surface area (Å²) in [6.07, 6.45) is -0.0655. The number of hydrogen-bond donors (Lipinski definition) is 1. The summed E-state index contributed by atoms with van der Waals surface area (Å²) in [5, 5.41) is 3.75. The zero-order chi connectivity index (χ0) is 19.6. The van der Waals surface area contributed by atoms with Crippen molar-refractivity contribution in [1.82, 2.24) is 0 Å². The molecule has 1 N–H and O–H groups in total. The van der Waals surface area contributed by atoms with E-state index in [-0.39, 0.29) is 17.6 Å². The van der Waals surface area contributed by atoms with Gasteiger partial charge in [-0.15, -0.1) is 0 Å². The lowest BCUT2D eigenvalue weighted by Gasteiger charge is -2.47. The molecule has 4 rings (SSSR count). The van der Waals surface area contributed by atoms with E-state index in [1.54, 1.807) is 7.11 Å². The fourth-order valence-electron chi connectivity index (χ4n) is 4.13. The van der Waals surface area contributed by atoms with Crippen molar-refractivity contribution in [2.75, 3.05) is 12.4 Å². The average molecular weight is 373 g/mol. The first-order valence-corrected chi connectivity index (χ1v) is 9.74. The van der Waals surface area contributed by atoms with E-state index in [2.05, 4.69) is 85.9 Å². The number of benzene rings is 3. The van der Waals surface area contributed by atoms with Crippen LogP contribution in [0.3, 0.4) is 0 Å². The summed E-state index contributed by atoms with van der Waals surface area (Å²) in [7, 11) is 1.70. The predicted molar refractivity (Wildman–Crippen MR) is 114 cm³/mol. The minimum Gasteiger partial charge on any atom is -0.497 e. The van der Waals surface area contributed by atoms with E-state index in [1.165, 1.54) is 11.1 Å². The van der Waals surface area contributed by atoms with Crippen molar-refractivity contribution in [3.8, 4) is 5.75 Å². The Bertz CT molecular complexity index is 922. The fraction of sp³-hybridized carbons (Fsp3) is 0.280. The summed E-state index contributed by atoms with van der Waals surface area (Å²) in [4.78, 5) is 0. The van der Waals surface area contributed by atoms with E-state index in [9.17, 15) is 0 Å². The number of hydrogen-bond acceptors (Lipinski definition) is 3. The minimum absolute atomic E-state index is 0.0655. The Kier molecular flexibility index (Phi) is 5.10. The van der Waals surface area contributed by atoms with Gasteiger partial charge in [0, 0.05) is 16.7 Å². The minimum atomic E-state index is -0.157. The zero-order valence-electron chi connectivity index (χ0n) is 16.7. The summed E-state index contributed by atoms with van der Waals surface area (Å²) in [5.74, 6) is 0.850. The molecular weight excluding hydrogens is 346 g/mol. The second-order valence-corrected chi connectivity index (χ2v) is 7.94. The number of fused-ring (bicyclic) bond motifs is 1. The molecule has 0 bridgehead atoms. The van der Waals surface area contributed by atoms with Crippen molar-refractivity contribution >= 4 is 5.69 Å². The molecule has 0 spiro atoms. The molecule has 1 aliphatic heterocycles. The van der Waals surface area contributed by atoms with Crippen LogP contribution in [-0.2, 0) is 11.3 Å². The molecule has 0 aromatic heterocycles. The second kappa shape index (κ2) is 7.69. The standard InChI is InChI=1S/C25H27NO2/c1-25(2)23(19-12-8-5-9-13-19)26-22-15-14-20(27-3)16-21(22)24(25)28-17-18-10-6-4-7-11-18/h4-16,23-24,26H,17H2,1-3H3. The Labute approximate surface area is 167 Å². The van der Waals surface area contributed by atoms with Crippen molar-refractivity contribution in [2.45, 2.75) is 32.6 Å². The first-order valence-electron chi connectivity index (χ1n) is 9.74. The molecule has 3 heteroatoms. The van der Waals surface area contributed by atoms with Crippen LogP contribution in [0.25, 0.3) is 0 Å². The molecule has 0 saturated heterocycles. The van der Waals surface area contributed by atoms with Crippen LogP contribution in [0.15, 0.2) is 78.9 Å². The second-order valence-electron chi connectivity index (χ2n) is 7.94. The number of anilines is 1. The molecule has 1 aliphatic rings. The highest BCUT2D eigenvalue weighted by Gasteiger charge is 2.44. The van der Waals surface area contributed by atoms with Gasteiger partial charge in [0.1, 0.15) is 5.75 Å². The van der Waals surface area contributed by atoms with E-state index in [4.69, 9.17) is 9.47 Å². The van der Waals surface area contributed by atoms with Crippen molar-refractivity contribution in [1.29, 1.82) is 0 Å². The maximum Gasteiger partial charge on any atom is 0.119 e. The number of methoxy groups -OCH3 is 1. The SMILES string of the molecule is COc1ccc2c(c1)C(OCc1ccccc1)C(C)(C)C(c1ccccc1)N2. The third-order valence-electron chi connectivity index (χ3n) is 5.65. The van der Waals surface area contributed by atoms with E-state index in [0.29, 0.717) is 6.61 Å². The first kappa shape index (κ1) is 18.6. The highest BCUT2D eigenvalue weighted by molar-refractivity contribution is 5.60. The van der Waals surface area contributed by atoms with Gasteiger partial charge < -0.3 is 14.8 Å². The van der Waals surface area contributed by atoms with Gasteiger partial charge in [-0.3, -0.25) is 0 Å². The number of nitrogens with one attached hydrogen (secondary N) is 1. The number of ether oxygens (including phenoxy) is 2. The van der Waals surface area contributed by atoms with E-state index < -0.39 is 0 Å². The van der Waals surface area contributed by atoms with Gasteiger partial charge in [0.05, 0.1) is 25.9 Å². The lowest BCUT2D eigenvalue weighted by Crippen LogP contribution is -2.39. The van der Waals surface area contributed by atoms with Crippen molar-refractivity contribution in [3.05, 3.63) is 95.6 Å². The molecule has 144 valence electrons. The molecule has 28 heavy (non-hydrogen) atoms. The van der Waals surface area contributed by atoms with Crippen LogP contribution in [0.4, 0.5) is 5.69 Å². The fourth-order valence-corrected chi connectivity index (χ4v) is 4.13. The summed E-state index contributed by atoms with van der Waals surface area (Å²) in [6, 6.07) is 27.3. The van der Waals surface area contributed by atoms with E-state index in [0.717, 1.165) is 17.0 Å². The van der Waals surface area contributed by atoms with Crippen LogP contribution >= 0.6 is 0 Å². The summed E-state index contributed by atoms with van der Waals surface area (Å²) in [6.45, 7) is 5.12. The Morgan fingerprint density at radius 2 is 1.57 bits per heavy atom. The summed E-state index contributed by atoms with van der Waals surface area (Å²) < 4.78 is 12.1. The van der Waals surface area contributed by atoms with Crippen LogP contribution in [-0.4, -0.2) is 7.11 Å². The molecule has 0 saturated carbocycles. The summed E-state index contributed by atoms with van der Waals surface area (Å²) in [5.41, 5.74) is 4.54. The third kappa shape index (κ3) is 3.50. The zero-order valence-corrected chi connectivity index (χ0v) is 16.7. The van der Waals surface area contributed by atoms with E-state index >= 15 is 0 Å². The molecule has 3 aromatic rings. The molecule has 3 nitrogen and oxygen atoms in total. The molecule has 0 radical (unpaired) electrons. The number of rotatable bonds is 5. The maximum absolute atomic E-state index is 6.57. The highest BCUT2D eigenvalue weighted by Crippen LogP contribution is 2.53. The Morgan fingerprint density at radius 3 is 2.25 bits per heavy atom. The van der Waals surface area contributed by atoms with Crippen LogP contribution in [0.5, 0.6) is 5.75 Å². The lowest BCUT2D eigenvalue weighted by atomic mass is 9.70. The first-order chi connectivity index (χ1) is 13.6. The molecule has 0 amide bonds. The van der Waals surface area contributed by atoms with Gasteiger partial charge in [0.25, 0.3) is 0 Å². The van der Waals surface area contributed by atoms with E-state index in [1.807, 2.05) is 12.1 Å². The average Bonchev–Trinajstić information content (AvgIpc) is 2.73. The third-order valence-corrected chi connectivity index (χ3v) is 5.65. The van der Waals surface area contributed by atoms with Crippen molar-refractivity contribution in [2.24, 2.45) is 5.41 Å². The van der Waals surface area contributed by atoms with Gasteiger partial charge in [-0.25, -0.2) is 0 Å². The predicted octanol–water partition coefficient (Wildman–Crippen LogP) is 6.15.